The molecule has 1 aromatic carbocycles. The Labute approximate surface area is 126 Å². The van der Waals surface area contributed by atoms with Crippen molar-refractivity contribution in [2.75, 3.05) is 13.7 Å². The summed E-state index contributed by atoms with van der Waals surface area (Å²) in [5.74, 6) is 1.70. The number of para-hydroxylation sites is 1. The number of hydrogen-bond acceptors (Lipinski definition) is 4. The molecule has 1 N–H and O–H groups in total. The van der Waals surface area contributed by atoms with E-state index in [0.717, 1.165) is 29.9 Å². The maximum Gasteiger partial charge on any atom is 0.157 e. The molecule has 4 heteroatoms. The van der Waals surface area contributed by atoms with Crippen molar-refractivity contribution in [3.8, 4) is 5.75 Å². The van der Waals surface area contributed by atoms with Crippen molar-refractivity contribution in [2.45, 2.75) is 38.5 Å². The van der Waals surface area contributed by atoms with Gasteiger partial charge in [0.05, 0.1) is 13.7 Å². The summed E-state index contributed by atoms with van der Waals surface area (Å²) in [6.45, 7) is 6.26. The normalized spacial score (nSPS) is 18.2. The van der Waals surface area contributed by atoms with Gasteiger partial charge in [0.2, 0.25) is 0 Å². The van der Waals surface area contributed by atoms with E-state index in [4.69, 9.17) is 4.74 Å². The maximum absolute atomic E-state index is 5.37. The average Bonchev–Trinajstić information content (AvgIpc) is 2.95. The first kappa shape index (κ1) is 15.2. The quantitative estimate of drug-likeness (QED) is 0.868. The van der Waals surface area contributed by atoms with Crippen molar-refractivity contribution in [2.24, 2.45) is 10.9 Å². The molecule has 1 aliphatic heterocycles. The Hall–Kier alpha value is -1.16. The number of nitrogens with one attached hydrogen (secondary N) is 1. The van der Waals surface area contributed by atoms with Gasteiger partial charge in [-0.1, -0.05) is 56.7 Å². The lowest BCUT2D eigenvalue weighted by Gasteiger charge is -2.18. The summed E-state index contributed by atoms with van der Waals surface area (Å²) in [6, 6.07) is 8.11. The van der Waals surface area contributed by atoms with Crippen LogP contribution < -0.4 is 10.1 Å². The molecular formula is C16H24N2OS. The monoisotopic (exact) mass is 292 g/mol. The van der Waals surface area contributed by atoms with E-state index in [9.17, 15) is 0 Å². The molecule has 0 fully saturated rings. The maximum atomic E-state index is 5.37. The fourth-order valence-electron chi connectivity index (χ4n) is 2.57. The van der Waals surface area contributed by atoms with Crippen molar-refractivity contribution < 1.29 is 4.74 Å². The minimum atomic E-state index is 0.644. The van der Waals surface area contributed by atoms with Crippen LogP contribution in [0.15, 0.2) is 29.3 Å². The van der Waals surface area contributed by atoms with E-state index in [2.05, 4.69) is 30.2 Å². The van der Waals surface area contributed by atoms with E-state index in [0.29, 0.717) is 5.25 Å². The lowest BCUT2D eigenvalue weighted by atomic mass is 9.99. The van der Waals surface area contributed by atoms with Crippen LogP contribution >= 0.6 is 11.8 Å². The van der Waals surface area contributed by atoms with Gasteiger partial charge in [-0.25, -0.2) is 0 Å². The fraction of sp³-hybridized carbons (Fsp3) is 0.562. The molecule has 0 aliphatic carbocycles. The van der Waals surface area contributed by atoms with Gasteiger partial charge in [-0.3, -0.25) is 4.99 Å². The molecule has 1 heterocycles. The molecule has 0 radical (unpaired) electrons. The van der Waals surface area contributed by atoms with Gasteiger partial charge in [-0.2, -0.15) is 0 Å². The molecule has 0 spiro atoms. The van der Waals surface area contributed by atoms with Crippen molar-refractivity contribution >= 4 is 16.9 Å². The molecule has 1 atom stereocenters. The Kier molecular flexibility index (Phi) is 5.77. The zero-order chi connectivity index (χ0) is 14.4. The summed E-state index contributed by atoms with van der Waals surface area (Å²) >= 11 is 1.90. The highest BCUT2D eigenvalue weighted by atomic mass is 32.2. The van der Waals surface area contributed by atoms with E-state index < -0.39 is 0 Å². The molecule has 3 nitrogen and oxygen atoms in total. The van der Waals surface area contributed by atoms with Gasteiger partial charge < -0.3 is 10.1 Å². The summed E-state index contributed by atoms with van der Waals surface area (Å²) in [7, 11) is 1.71. The van der Waals surface area contributed by atoms with Crippen LogP contribution in [0.2, 0.25) is 0 Å². The standard InChI is InChI=1S/C16H24N2OS/c1-4-12(5-2)15-11-18-16(20-15)17-10-13-8-6-7-9-14(13)19-3/h6-9,12,15H,4-5,10-11H2,1-3H3,(H,17,18). The largest absolute Gasteiger partial charge is 0.496 e. The highest BCUT2D eigenvalue weighted by Crippen LogP contribution is 2.30. The van der Waals surface area contributed by atoms with Crippen molar-refractivity contribution in [1.82, 2.24) is 5.32 Å². The highest BCUT2D eigenvalue weighted by molar-refractivity contribution is 8.14. The number of methoxy groups -OCH3 is 1. The number of hydrogen-bond donors (Lipinski definition) is 1. The van der Waals surface area contributed by atoms with E-state index in [1.54, 1.807) is 7.11 Å². The summed E-state index contributed by atoms with van der Waals surface area (Å²) < 4.78 is 5.37. The Balaban J connectivity index is 1.87. The third-order valence-electron chi connectivity index (χ3n) is 3.87. The minimum absolute atomic E-state index is 0.644. The van der Waals surface area contributed by atoms with Crippen LogP contribution in [0.5, 0.6) is 5.75 Å². The van der Waals surface area contributed by atoms with Crippen molar-refractivity contribution in [1.29, 1.82) is 0 Å². The molecule has 110 valence electrons. The number of aliphatic imine (C=N–C) groups is 1. The van der Waals surface area contributed by atoms with Gasteiger partial charge in [0, 0.05) is 17.4 Å². The van der Waals surface area contributed by atoms with Crippen LogP contribution in [0.25, 0.3) is 0 Å². The van der Waals surface area contributed by atoms with Crippen LogP contribution in [0.3, 0.4) is 0 Å². The third-order valence-corrected chi connectivity index (χ3v) is 5.21. The van der Waals surface area contributed by atoms with Crippen LogP contribution in [0.4, 0.5) is 0 Å². The van der Waals surface area contributed by atoms with Gasteiger partial charge >= 0.3 is 0 Å². The summed E-state index contributed by atoms with van der Waals surface area (Å²) in [5, 5.41) is 5.16. The predicted octanol–water partition coefficient (Wildman–Crippen LogP) is 3.69. The molecule has 2 rings (SSSR count). The number of benzene rings is 1. The van der Waals surface area contributed by atoms with E-state index in [1.807, 2.05) is 30.0 Å². The van der Waals surface area contributed by atoms with Crippen molar-refractivity contribution in [3.63, 3.8) is 0 Å². The highest BCUT2D eigenvalue weighted by Gasteiger charge is 2.25. The fourth-order valence-corrected chi connectivity index (χ4v) is 3.89. The topological polar surface area (TPSA) is 33.6 Å². The molecule has 0 amide bonds. The second-order valence-electron chi connectivity index (χ2n) is 5.04. The van der Waals surface area contributed by atoms with Gasteiger partial charge in [-0.05, 0) is 12.0 Å². The molecule has 1 aliphatic rings. The SMILES string of the molecule is CCC(CC)C1CN=C(NCc2ccccc2OC)S1. The predicted molar refractivity (Wildman–Crippen MR) is 87.6 cm³/mol. The first-order chi connectivity index (χ1) is 9.78. The molecular weight excluding hydrogens is 268 g/mol. The zero-order valence-corrected chi connectivity index (χ0v) is 13.4. The van der Waals surface area contributed by atoms with Gasteiger partial charge in [-0.15, -0.1) is 0 Å². The van der Waals surface area contributed by atoms with Gasteiger partial charge in [0.15, 0.2) is 5.17 Å². The average molecular weight is 292 g/mol. The second kappa shape index (κ2) is 7.58. The molecule has 0 aromatic heterocycles. The second-order valence-corrected chi connectivity index (χ2v) is 6.27. The van der Waals surface area contributed by atoms with E-state index in [-0.39, 0.29) is 0 Å². The molecule has 0 saturated heterocycles. The van der Waals surface area contributed by atoms with E-state index in [1.165, 1.54) is 18.4 Å². The number of nitrogens with zero attached hydrogens (tertiary/aromatic N) is 1. The Morgan fingerprint density at radius 2 is 2.10 bits per heavy atom. The van der Waals surface area contributed by atoms with E-state index >= 15 is 0 Å². The molecule has 20 heavy (non-hydrogen) atoms. The number of rotatable bonds is 6. The van der Waals surface area contributed by atoms with Crippen LogP contribution in [0, 0.1) is 5.92 Å². The number of amidine groups is 1. The molecule has 1 aromatic rings. The van der Waals surface area contributed by atoms with Crippen LogP contribution in [0.1, 0.15) is 32.3 Å². The minimum Gasteiger partial charge on any atom is -0.496 e. The van der Waals surface area contributed by atoms with Crippen LogP contribution in [-0.2, 0) is 6.54 Å². The number of thioether (sulfide) groups is 1. The first-order valence-electron chi connectivity index (χ1n) is 7.35. The Morgan fingerprint density at radius 3 is 2.80 bits per heavy atom. The zero-order valence-electron chi connectivity index (χ0n) is 12.6. The van der Waals surface area contributed by atoms with Gasteiger partial charge in [0.1, 0.15) is 5.75 Å². The lowest BCUT2D eigenvalue weighted by molar-refractivity contribution is 0.409. The molecule has 0 saturated carbocycles. The summed E-state index contributed by atoms with van der Waals surface area (Å²) in [4.78, 5) is 4.63. The molecule has 0 bridgehead atoms. The van der Waals surface area contributed by atoms with Crippen LogP contribution in [-0.4, -0.2) is 24.1 Å². The third kappa shape index (κ3) is 3.69. The number of ether oxygens (including phenoxy) is 1. The van der Waals surface area contributed by atoms with Crippen molar-refractivity contribution in [3.05, 3.63) is 29.8 Å². The summed E-state index contributed by atoms with van der Waals surface area (Å²) in [5.41, 5.74) is 1.17. The summed E-state index contributed by atoms with van der Waals surface area (Å²) in [6.07, 6.45) is 2.48. The Morgan fingerprint density at radius 1 is 1.35 bits per heavy atom. The van der Waals surface area contributed by atoms with Gasteiger partial charge in [0.25, 0.3) is 0 Å². The lowest BCUT2D eigenvalue weighted by Crippen LogP contribution is -2.21. The smallest absolute Gasteiger partial charge is 0.157 e. The molecule has 1 unspecified atom stereocenters. The first-order valence-corrected chi connectivity index (χ1v) is 8.23. The Bertz CT molecular complexity index is 458.